The number of hydrogen-bond donors (Lipinski definition) is 3. The molecule has 2 heterocycles. The van der Waals surface area contributed by atoms with Gasteiger partial charge in [-0.3, -0.25) is 9.59 Å². The molecule has 10 heteroatoms. The van der Waals surface area contributed by atoms with Crippen LogP contribution in [0.5, 0.6) is 0 Å². The first-order chi connectivity index (χ1) is 15.8. The van der Waals surface area contributed by atoms with E-state index in [0.717, 1.165) is 10.5 Å². The number of amides is 4. The largest absolute Gasteiger partial charge is 0.478 e. The van der Waals surface area contributed by atoms with Crippen molar-refractivity contribution < 1.29 is 24.3 Å². The maximum atomic E-state index is 12.7. The van der Waals surface area contributed by atoms with E-state index in [2.05, 4.69) is 15.6 Å². The Morgan fingerprint density at radius 1 is 1.15 bits per heavy atom. The molecule has 0 unspecified atom stereocenters. The summed E-state index contributed by atoms with van der Waals surface area (Å²) >= 11 is 0. The van der Waals surface area contributed by atoms with E-state index in [1.807, 2.05) is 19.1 Å². The van der Waals surface area contributed by atoms with Gasteiger partial charge in [0, 0.05) is 17.6 Å². The number of rotatable bonds is 6. The number of carboxylic acids is 1. The zero-order chi connectivity index (χ0) is 23.5. The number of carbonyl (C=O) groups excluding carboxylic acids is 3. The lowest BCUT2D eigenvalue weighted by Gasteiger charge is -2.13. The number of anilines is 1. The van der Waals surface area contributed by atoms with Crippen molar-refractivity contribution in [2.75, 3.05) is 11.9 Å². The fraction of sp³-hybridized carbons (Fsp3) is 0.0870. The third kappa shape index (κ3) is 4.64. The Morgan fingerprint density at radius 3 is 2.70 bits per heavy atom. The fourth-order valence-corrected chi connectivity index (χ4v) is 3.26. The van der Waals surface area contributed by atoms with Crippen LogP contribution < -0.4 is 10.6 Å². The molecule has 0 aliphatic carbocycles. The molecule has 0 bridgehead atoms. The van der Waals surface area contributed by atoms with Crippen LogP contribution in [0.4, 0.5) is 10.5 Å². The normalized spacial score (nSPS) is 14.5. The molecule has 0 atom stereocenters. The highest BCUT2D eigenvalue weighted by atomic mass is 16.4. The number of nitrogens with one attached hydrogen (secondary N) is 2. The molecule has 33 heavy (non-hydrogen) atoms. The molecule has 1 saturated heterocycles. The molecule has 1 aliphatic heterocycles. The number of carbonyl (C=O) groups is 4. The minimum Gasteiger partial charge on any atom is -0.478 e. The molecule has 0 spiro atoms. The first kappa shape index (κ1) is 21.5. The van der Waals surface area contributed by atoms with Crippen molar-refractivity contribution in [2.45, 2.75) is 6.92 Å². The highest BCUT2D eigenvalue weighted by Gasteiger charge is 2.35. The summed E-state index contributed by atoms with van der Waals surface area (Å²) in [4.78, 5) is 53.4. The summed E-state index contributed by atoms with van der Waals surface area (Å²) in [5.74, 6) is -2.20. The Labute approximate surface area is 188 Å². The van der Waals surface area contributed by atoms with Crippen molar-refractivity contribution in [1.29, 1.82) is 0 Å². The lowest BCUT2D eigenvalue weighted by atomic mass is 10.2. The number of imidazole rings is 1. The van der Waals surface area contributed by atoms with Gasteiger partial charge in [0.25, 0.3) is 5.91 Å². The van der Waals surface area contributed by atoms with Gasteiger partial charge in [0.2, 0.25) is 5.91 Å². The molecule has 10 nitrogen and oxygen atoms in total. The Kier molecular flexibility index (Phi) is 5.73. The first-order valence-corrected chi connectivity index (χ1v) is 9.89. The summed E-state index contributed by atoms with van der Waals surface area (Å²) in [6.45, 7) is 1.40. The lowest BCUT2D eigenvalue weighted by molar-refractivity contribution is -0.127. The molecular weight excluding hydrogens is 426 g/mol. The minimum atomic E-state index is -1.05. The quantitative estimate of drug-likeness (QED) is 0.394. The predicted octanol–water partition coefficient (Wildman–Crippen LogP) is 2.41. The van der Waals surface area contributed by atoms with Crippen LogP contribution in [0.25, 0.3) is 11.8 Å². The molecule has 1 fully saturated rings. The van der Waals surface area contributed by atoms with Gasteiger partial charge in [-0.2, -0.15) is 0 Å². The Bertz CT molecular complexity index is 1310. The van der Waals surface area contributed by atoms with E-state index in [-0.39, 0.29) is 11.3 Å². The number of urea groups is 1. The van der Waals surface area contributed by atoms with E-state index in [1.165, 1.54) is 24.5 Å². The molecule has 4 rings (SSSR count). The minimum absolute atomic E-state index is 0.0202. The summed E-state index contributed by atoms with van der Waals surface area (Å²) in [6.07, 6.45) is 4.43. The van der Waals surface area contributed by atoms with Crippen molar-refractivity contribution in [3.63, 3.8) is 0 Å². The van der Waals surface area contributed by atoms with Gasteiger partial charge in [0.15, 0.2) is 0 Å². The second-order valence-corrected chi connectivity index (χ2v) is 7.30. The molecule has 1 aromatic heterocycles. The number of aromatic nitrogens is 2. The van der Waals surface area contributed by atoms with Crippen molar-refractivity contribution >= 4 is 35.6 Å². The van der Waals surface area contributed by atoms with Crippen LogP contribution in [0.1, 0.15) is 21.6 Å². The number of carboxylic acid groups (broad SMARTS) is 1. The van der Waals surface area contributed by atoms with E-state index in [9.17, 15) is 19.2 Å². The Morgan fingerprint density at radius 2 is 1.94 bits per heavy atom. The van der Waals surface area contributed by atoms with Crippen molar-refractivity contribution in [3.8, 4) is 5.69 Å². The maximum Gasteiger partial charge on any atom is 0.335 e. The van der Waals surface area contributed by atoms with Gasteiger partial charge in [-0.1, -0.05) is 24.3 Å². The number of aryl methyl sites for hydroxylation is 1. The molecule has 0 radical (unpaired) electrons. The zero-order valence-corrected chi connectivity index (χ0v) is 17.5. The van der Waals surface area contributed by atoms with Gasteiger partial charge < -0.3 is 20.3 Å². The SMILES string of the molecule is Cc1ccccc1NC(=O)CN1C(=O)N/C(=C\c2cn(-c3cccc(C(=O)O)c3)cn2)C1=O. The van der Waals surface area contributed by atoms with Gasteiger partial charge in [0.05, 0.1) is 17.6 Å². The number of hydrogen-bond acceptors (Lipinski definition) is 5. The fourth-order valence-electron chi connectivity index (χ4n) is 3.26. The Hall–Kier alpha value is -4.73. The second-order valence-electron chi connectivity index (χ2n) is 7.30. The van der Waals surface area contributed by atoms with Crippen LogP contribution in [-0.2, 0) is 9.59 Å². The van der Waals surface area contributed by atoms with Crippen molar-refractivity contribution in [3.05, 3.63) is 83.6 Å². The molecule has 2 aromatic carbocycles. The third-order valence-electron chi connectivity index (χ3n) is 4.97. The van der Waals surface area contributed by atoms with Gasteiger partial charge >= 0.3 is 12.0 Å². The maximum absolute atomic E-state index is 12.7. The van der Waals surface area contributed by atoms with Gasteiger partial charge in [-0.05, 0) is 42.8 Å². The molecule has 166 valence electrons. The topological polar surface area (TPSA) is 134 Å². The average molecular weight is 445 g/mol. The summed E-state index contributed by atoms with van der Waals surface area (Å²) in [5.41, 5.74) is 2.50. The standard InChI is InChI=1S/C23H19N5O5/c1-14-5-2-3-8-18(14)25-20(29)12-28-21(30)19(26-23(28)33)10-16-11-27(13-24-16)17-7-4-6-15(9-17)22(31)32/h2-11,13H,12H2,1H3,(H,25,29)(H,26,33)(H,31,32)/b19-10-. The number of nitrogens with zero attached hydrogens (tertiary/aromatic N) is 3. The lowest BCUT2D eigenvalue weighted by Crippen LogP contribution is -2.38. The van der Waals surface area contributed by atoms with E-state index >= 15 is 0 Å². The third-order valence-corrected chi connectivity index (χ3v) is 4.97. The Balaban J connectivity index is 1.47. The van der Waals surface area contributed by atoms with Gasteiger partial charge in [-0.15, -0.1) is 0 Å². The molecule has 4 amide bonds. The van der Waals surface area contributed by atoms with E-state index in [1.54, 1.807) is 35.0 Å². The molecule has 0 saturated carbocycles. The molecule has 1 aliphatic rings. The highest BCUT2D eigenvalue weighted by molar-refractivity contribution is 6.15. The van der Waals surface area contributed by atoms with E-state index < -0.39 is 30.4 Å². The average Bonchev–Trinajstić information content (AvgIpc) is 3.36. The zero-order valence-electron chi connectivity index (χ0n) is 17.5. The van der Waals surface area contributed by atoms with Crippen LogP contribution >= 0.6 is 0 Å². The monoisotopic (exact) mass is 445 g/mol. The molecular formula is C23H19N5O5. The number of imide groups is 1. The molecule has 3 N–H and O–H groups in total. The van der Waals surface area contributed by atoms with Crippen LogP contribution in [0.2, 0.25) is 0 Å². The summed E-state index contributed by atoms with van der Waals surface area (Å²) in [5, 5.41) is 14.3. The van der Waals surface area contributed by atoms with E-state index in [4.69, 9.17) is 5.11 Å². The molecule has 3 aromatic rings. The number of aromatic carboxylic acids is 1. The summed E-state index contributed by atoms with van der Waals surface area (Å²) in [6, 6.07) is 12.7. The van der Waals surface area contributed by atoms with Crippen LogP contribution in [-0.4, -0.2) is 49.9 Å². The first-order valence-electron chi connectivity index (χ1n) is 9.89. The van der Waals surface area contributed by atoms with Crippen LogP contribution in [0.3, 0.4) is 0 Å². The van der Waals surface area contributed by atoms with Gasteiger partial charge in [0.1, 0.15) is 12.2 Å². The van der Waals surface area contributed by atoms with Gasteiger partial charge in [-0.25, -0.2) is 19.5 Å². The van der Waals surface area contributed by atoms with Crippen LogP contribution in [0.15, 0.2) is 66.8 Å². The number of para-hydroxylation sites is 1. The van der Waals surface area contributed by atoms with Crippen molar-refractivity contribution in [1.82, 2.24) is 19.8 Å². The highest BCUT2D eigenvalue weighted by Crippen LogP contribution is 2.17. The van der Waals surface area contributed by atoms with Crippen LogP contribution in [0, 0.1) is 6.92 Å². The predicted molar refractivity (Wildman–Crippen MR) is 119 cm³/mol. The van der Waals surface area contributed by atoms with Crippen molar-refractivity contribution in [2.24, 2.45) is 0 Å². The number of benzene rings is 2. The second kappa shape index (κ2) is 8.79. The van der Waals surface area contributed by atoms with E-state index in [0.29, 0.717) is 17.1 Å². The summed E-state index contributed by atoms with van der Waals surface area (Å²) < 4.78 is 1.59. The summed E-state index contributed by atoms with van der Waals surface area (Å²) in [7, 11) is 0. The smallest absolute Gasteiger partial charge is 0.335 e.